The second kappa shape index (κ2) is 4.90. The number of nitrogens with one attached hydrogen (secondary N) is 1. The Morgan fingerprint density at radius 2 is 1.50 bits per heavy atom. The van der Waals surface area contributed by atoms with E-state index in [4.69, 9.17) is 0 Å². The van der Waals surface area contributed by atoms with Crippen LogP contribution in [-0.2, 0) is 10.0 Å². The SMILES string of the molecule is O=S(=O)(Nc1cnc2ccccc2n1)c1ccccc1. The first-order chi connectivity index (χ1) is 9.65. The fourth-order valence-electron chi connectivity index (χ4n) is 1.80. The van der Waals surface area contributed by atoms with E-state index in [0.29, 0.717) is 5.52 Å². The molecule has 1 heterocycles. The Balaban J connectivity index is 1.97. The van der Waals surface area contributed by atoms with Crippen LogP contribution in [0, 0.1) is 0 Å². The van der Waals surface area contributed by atoms with Crippen LogP contribution >= 0.6 is 0 Å². The molecule has 0 spiro atoms. The van der Waals surface area contributed by atoms with E-state index in [1.54, 1.807) is 24.3 Å². The van der Waals surface area contributed by atoms with Crippen LogP contribution < -0.4 is 4.72 Å². The number of nitrogens with zero attached hydrogens (tertiary/aromatic N) is 2. The van der Waals surface area contributed by atoms with Crippen LogP contribution in [0.2, 0.25) is 0 Å². The van der Waals surface area contributed by atoms with Crippen molar-refractivity contribution in [1.82, 2.24) is 9.97 Å². The summed E-state index contributed by atoms with van der Waals surface area (Å²) in [5, 5.41) is 0. The summed E-state index contributed by atoms with van der Waals surface area (Å²) in [5.74, 6) is 0.201. The number of aromatic nitrogens is 2. The average Bonchev–Trinajstić information content (AvgIpc) is 2.48. The van der Waals surface area contributed by atoms with Crippen molar-refractivity contribution in [3.63, 3.8) is 0 Å². The summed E-state index contributed by atoms with van der Waals surface area (Å²) in [4.78, 5) is 8.59. The van der Waals surface area contributed by atoms with E-state index in [1.165, 1.54) is 18.3 Å². The van der Waals surface area contributed by atoms with Crippen molar-refractivity contribution in [3.8, 4) is 0 Å². The van der Waals surface area contributed by atoms with E-state index in [-0.39, 0.29) is 10.7 Å². The zero-order chi connectivity index (χ0) is 14.0. The van der Waals surface area contributed by atoms with Gasteiger partial charge in [0.15, 0.2) is 5.82 Å². The van der Waals surface area contributed by atoms with Gasteiger partial charge in [-0.15, -0.1) is 0 Å². The van der Waals surface area contributed by atoms with Gasteiger partial charge in [-0.25, -0.2) is 13.4 Å². The van der Waals surface area contributed by atoms with Gasteiger partial charge in [0.1, 0.15) is 0 Å². The molecule has 2 aromatic carbocycles. The lowest BCUT2D eigenvalue weighted by atomic mass is 10.3. The van der Waals surface area contributed by atoms with E-state index in [0.717, 1.165) is 5.52 Å². The number of sulfonamides is 1. The Labute approximate surface area is 116 Å². The topological polar surface area (TPSA) is 72.0 Å². The second-order valence-corrected chi connectivity index (χ2v) is 5.84. The lowest BCUT2D eigenvalue weighted by molar-refractivity contribution is 0.601. The molecule has 1 N–H and O–H groups in total. The van der Waals surface area contributed by atoms with E-state index in [1.807, 2.05) is 18.2 Å². The average molecular weight is 285 g/mol. The van der Waals surface area contributed by atoms with Crippen molar-refractivity contribution in [1.29, 1.82) is 0 Å². The van der Waals surface area contributed by atoms with Gasteiger partial charge >= 0.3 is 0 Å². The van der Waals surface area contributed by atoms with Gasteiger partial charge in [0.2, 0.25) is 0 Å². The smallest absolute Gasteiger partial charge is 0.262 e. The molecule has 1 aromatic heterocycles. The number of anilines is 1. The Morgan fingerprint density at radius 1 is 0.850 bits per heavy atom. The van der Waals surface area contributed by atoms with Crippen LogP contribution in [0.5, 0.6) is 0 Å². The van der Waals surface area contributed by atoms with Gasteiger partial charge in [-0.2, -0.15) is 0 Å². The third kappa shape index (κ3) is 2.46. The third-order valence-electron chi connectivity index (χ3n) is 2.74. The molecule has 3 aromatic rings. The molecule has 0 saturated carbocycles. The molecule has 0 bridgehead atoms. The zero-order valence-electron chi connectivity index (χ0n) is 10.4. The first-order valence-corrected chi connectivity index (χ1v) is 7.43. The second-order valence-electron chi connectivity index (χ2n) is 4.16. The molecule has 0 unspecified atom stereocenters. The quantitative estimate of drug-likeness (QED) is 0.802. The Kier molecular flexibility index (Phi) is 3.08. The van der Waals surface area contributed by atoms with Gasteiger partial charge in [-0.3, -0.25) is 9.71 Å². The molecule has 0 amide bonds. The van der Waals surface area contributed by atoms with Gasteiger partial charge in [0, 0.05) is 0 Å². The molecule has 0 aliphatic carbocycles. The summed E-state index contributed by atoms with van der Waals surface area (Å²) < 4.78 is 26.7. The maximum absolute atomic E-state index is 12.2. The standard InChI is InChI=1S/C14H11N3O2S/c18-20(19,11-6-2-1-3-7-11)17-14-10-15-12-8-4-5-9-13(12)16-14/h1-10H,(H,16,17). The predicted octanol–water partition coefficient (Wildman–Crippen LogP) is 2.43. The number of fused-ring (bicyclic) bond motifs is 1. The highest BCUT2D eigenvalue weighted by Crippen LogP contribution is 2.16. The minimum atomic E-state index is -3.63. The first-order valence-electron chi connectivity index (χ1n) is 5.95. The van der Waals surface area contributed by atoms with Gasteiger partial charge in [-0.1, -0.05) is 30.3 Å². The molecule has 0 radical (unpaired) electrons. The Hall–Kier alpha value is -2.47. The fraction of sp³-hybridized carbons (Fsp3) is 0. The molecule has 100 valence electrons. The molecule has 0 atom stereocenters. The molecule has 6 heteroatoms. The van der Waals surface area contributed by atoms with Crippen molar-refractivity contribution < 1.29 is 8.42 Å². The summed E-state index contributed by atoms with van der Waals surface area (Å²) in [5.41, 5.74) is 1.36. The van der Waals surface area contributed by atoms with Gasteiger partial charge in [0.25, 0.3) is 10.0 Å². The predicted molar refractivity (Wildman–Crippen MR) is 76.8 cm³/mol. The van der Waals surface area contributed by atoms with Crippen molar-refractivity contribution in [3.05, 3.63) is 60.8 Å². The summed E-state index contributed by atoms with van der Waals surface area (Å²) in [6, 6.07) is 15.4. The molecule has 20 heavy (non-hydrogen) atoms. The van der Waals surface area contributed by atoms with Crippen LogP contribution in [0.1, 0.15) is 0 Å². The molecular formula is C14H11N3O2S. The maximum atomic E-state index is 12.2. The highest BCUT2D eigenvalue weighted by atomic mass is 32.2. The number of benzene rings is 2. The molecule has 3 rings (SSSR count). The summed E-state index contributed by atoms with van der Waals surface area (Å²) in [7, 11) is -3.63. The maximum Gasteiger partial charge on any atom is 0.263 e. The molecule has 5 nitrogen and oxygen atoms in total. The van der Waals surface area contributed by atoms with Crippen LogP contribution in [0.4, 0.5) is 5.82 Å². The number of para-hydroxylation sites is 2. The Bertz CT molecular complexity index is 848. The third-order valence-corrected chi connectivity index (χ3v) is 4.11. The Morgan fingerprint density at radius 3 is 2.25 bits per heavy atom. The zero-order valence-corrected chi connectivity index (χ0v) is 11.2. The van der Waals surface area contributed by atoms with Gasteiger partial charge < -0.3 is 0 Å². The minimum Gasteiger partial charge on any atom is -0.262 e. The molecular weight excluding hydrogens is 274 g/mol. The molecule has 0 saturated heterocycles. The number of rotatable bonds is 3. The largest absolute Gasteiger partial charge is 0.263 e. The van der Waals surface area contributed by atoms with Crippen molar-refractivity contribution in [2.45, 2.75) is 4.90 Å². The van der Waals surface area contributed by atoms with Crippen LogP contribution in [-0.4, -0.2) is 18.4 Å². The summed E-state index contributed by atoms with van der Waals surface area (Å²) in [6.07, 6.45) is 1.41. The van der Waals surface area contributed by atoms with Gasteiger partial charge in [0.05, 0.1) is 22.1 Å². The molecule has 0 fully saturated rings. The minimum absolute atomic E-state index is 0.190. The van der Waals surface area contributed by atoms with E-state index >= 15 is 0 Å². The fourth-order valence-corrected chi connectivity index (χ4v) is 2.81. The van der Waals surface area contributed by atoms with Gasteiger partial charge in [-0.05, 0) is 24.3 Å². The highest BCUT2D eigenvalue weighted by Gasteiger charge is 2.14. The van der Waals surface area contributed by atoms with E-state index < -0.39 is 10.0 Å². The lowest BCUT2D eigenvalue weighted by Crippen LogP contribution is -2.14. The van der Waals surface area contributed by atoms with E-state index in [2.05, 4.69) is 14.7 Å². The van der Waals surface area contributed by atoms with Crippen molar-refractivity contribution >= 4 is 26.9 Å². The normalized spacial score (nSPS) is 11.4. The monoisotopic (exact) mass is 285 g/mol. The van der Waals surface area contributed by atoms with Crippen LogP contribution in [0.3, 0.4) is 0 Å². The van der Waals surface area contributed by atoms with Crippen molar-refractivity contribution in [2.75, 3.05) is 4.72 Å². The lowest BCUT2D eigenvalue weighted by Gasteiger charge is -2.07. The van der Waals surface area contributed by atoms with Crippen LogP contribution in [0.25, 0.3) is 11.0 Å². The summed E-state index contributed by atoms with van der Waals surface area (Å²) >= 11 is 0. The van der Waals surface area contributed by atoms with E-state index in [9.17, 15) is 8.42 Å². The van der Waals surface area contributed by atoms with Crippen LogP contribution in [0.15, 0.2) is 65.7 Å². The molecule has 0 aliphatic heterocycles. The first kappa shape index (κ1) is 12.6. The van der Waals surface area contributed by atoms with Crippen molar-refractivity contribution in [2.24, 2.45) is 0 Å². The number of hydrogen-bond acceptors (Lipinski definition) is 4. The summed E-state index contributed by atoms with van der Waals surface area (Å²) in [6.45, 7) is 0. The molecule has 0 aliphatic rings. The highest BCUT2D eigenvalue weighted by molar-refractivity contribution is 7.92. The number of hydrogen-bond donors (Lipinski definition) is 1.